The molecule has 2 N–H and O–H groups in total. The van der Waals surface area contributed by atoms with Crippen molar-refractivity contribution < 1.29 is 14.4 Å². The highest BCUT2D eigenvalue weighted by Gasteiger charge is 2.30. The largest absolute Gasteiger partial charge is 0.326 e. The summed E-state index contributed by atoms with van der Waals surface area (Å²) >= 11 is 0. The van der Waals surface area contributed by atoms with Crippen molar-refractivity contribution in [1.29, 1.82) is 0 Å². The molecule has 1 saturated heterocycles. The van der Waals surface area contributed by atoms with E-state index in [1.807, 2.05) is 24.3 Å². The molecule has 5 nitrogen and oxygen atoms in total. The molecule has 5 heteroatoms. The summed E-state index contributed by atoms with van der Waals surface area (Å²) in [7, 11) is 0. The summed E-state index contributed by atoms with van der Waals surface area (Å²) in [6, 6.07) is 7.44. The maximum absolute atomic E-state index is 12.0. The van der Waals surface area contributed by atoms with Crippen LogP contribution in [0.2, 0.25) is 0 Å². The molecule has 3 amide bonds. The van der Waals surface area contributed by atoms with Gasteiger partial charge in [-0.3, -0.25) is 19.7 Å². The number of hydrogen-bond acceptors (Lipinski definition) is 3. The molecule has 0 saturated carbocycles. The first kappa shape index (κ1) is 17.2. The molecule has 0 spiro atoms. The molecule has 1 aromatic rings. The lowest BCUT2D eigenvalue weighted by Gasteiger charge is -2.15. The van der Waals surface area contributed by atoms with Crippen LogP contribution in [-0.2, 0) is 20.8 Å². The minimum Gasteiger partial charge on any atom is -0.326 e. The first-order chi connectivity index (χ1) is 10.8. The predicted molar refractivity (Wildman–Crippen MR) is 88.7 cm³/mol. The second-order valence-electron chi connectivity index (χ2n) is 6.69. The molecule has 0 aromatic heterocycles. The van der Waals surface area contributed by atoms with Crippen LogP contribution in [0.1, 0.15) is 39.2 Å². The summed E-state index contributed by atoms with van der Waals surface area (Å²) in [6.07, 6.45) is 1.30. The number of anilines is 1. The Morgan fingerprint density at radius 1 is 1.22 bits per heavy atom. The summed E-state index contributed by atoms with van der Waals surface area (Å²) < 4.78 is 0. The van der Waals surface area contributed by atoms with E-state index in [9.17, 15) is 14.4 Å². The van der Waals surface area contributed by atoms with E-state index in [0.717, 1.165) is 11.3 Å². The number of nitrogens with one attached hydrogen (secondary N) is 2. The molecule has 0 aliphatic carbocycles. The van der Waals surface area contributed by atoms with Gasteiger partial charge in [-0.15, -0.1) is 0 Å². The van der Waals surface area contributed by atoms with Crippen molar-refractivity contribution in [2.24, 2.45) is 17.8 Å². The van der Waals surface area contributed by atoms with Crippen LogP contribution < -0.4 is 10.6 Å². The molecular weight excluding hydrogens is 292 g/mol. The van der Waals surface area contributed by atoms with Crippen molar-refractivity contribution in [3.05, 3.63) is 29.8 Å². The highest BCUT2D eigenvalue weighted by Crippen LogP contribution is 2.20. The number of hydrogen-bond donors (Lipinski definition) is 2. The van der Waals surface area contributed by atoms with Crippen molar-refractivity contribution in [2.45, 2.75) is 40.0 Å². The van der Waals surface area contributed by atoms with Gasteiger partial charge in [0.1, 0.15) is 0 Å². The molecule has 1 aromatic carbocycles. The third kappa shape index (κ3) is 4.91. The van der Waals surface area contributed by atoms with Crippen LogP contribution >= 0.6 is 0 Å². The highest BCUT2D eigenvalue weighted by atomic mass is 16.2. The van der Waals surface area contributed by atoms with Gasteiger partial charge in [-0.2, -0.15) is 0 Å². The maximum Gasteiger partial charge on any atom is 0.230 e. The number of rotatable bonds is 6. The van der Waals surface area contributed by atoms with Crippen LogP contribution in [-0.4, -0.2) is 17.7 Å². The Bertz CT molecular complexity index is 593. The van der Waals surface area contributed by atoms with Crippen molar-refractivity contribution in [3.8, 4) is 0 Å². The maximum atomic E-state index is 12.0. The average Bonchev–Trinajstić information content (AvgIpc) is 2.78. The van der Waals surface area contributed by atoms with Crippen molar-refractivity contribution >= 4 is 23.4 Å². The van der Waals surface area contributed by atoms with E-state index in [-0.39, 0.29) is 30.1 Å². The van der Waals surface area contributed by atoms with Gasteiger partial charge in [0.05, 0.1) is 5.92 Å². The van der Waals surface area contributed by atoms with Crippen LogP contribution in [0, 0.1) is 17.8 Å². The summed E-state index contributed by atoms with van der Waals surface area (Å²) in [5.74, 6) is 0.142. The first-order valence-electron chi connectivity index (χ1n) is 8.07. The van der Waals surface area contributed by atoms with E-state index in [1.54, 1.807) is 0 Å². The zero-order chi connectivity index (χ0) is 17.0. The van der Waals surface area contributed by atoms with E-state index in [4.69, 9.17) is 0 Å². The Morgan fingerprint density at radius 3 is 2.39 bits per heavy atom. The van der Waals surface area contributed by atoms with Crippen LogP contribution in [0.4, 0.5) is 5.69 Å². The molecule has 0 radical (unpaired) electrons. The van der Waals surface area contributed by atoms with Crippen molar-refractivity contribution in [3.63, 3.8) is 0 Å². The molecule has 1 fully saturated rings. The Morgan fingerprint density at radius 2 is 1.87 bits per heavy atom. The summed E-state index contributed by atoms with van der Waals surface area (Å²) in [5, 5.41) is 5.21. The van der Waals surface area contributed by atoms with Gasteiger partial charge in [-0.05, 0) is 36.0 Å². The zero-order valence-electron chi connectivity index (χ0n) is 13.9. The third-order valence-corrected chi connectivity index (χ3v) is 4.43. The standard InChI is InChI=1S/C18H24N2O3/c1-11(2)12(3)8-16(21)19-15-6-4-13(5-7-15)9-14-10-17(22)20-18(14)23/h4-7,11-12,14H,8-10H2,1-3H3,(H,19,21)(H,20,22,23)/t12-,14-/m1/s1. The van der Waals surface area contributed by atoms with Crippen LogP contribution in [0.15, 0.2) is 24.3 Å². The average molecular weight is 316 g/mol. The van der Waals surface area contributed by atoms with Crippen molar-refractivity contribution in [1.82, 2.24) is 5.32 Å². The minimum absolute atomic E-state index is 0.0136. The highest BCUT2D eigenvalue weighted by molar-refractivity contribution is 6.03. The Kier molecular flexibility index (Phi) is 5.53. The lowest BCUT2D eigenvalue weighted by molar-refractivity contribution is -0.125. The van der Waals surface area contributed by atoms with Crippen LogP contribution in [0.3, 0.4) is 0 Å². The van der Waals surface area contributed by atoms with E-state index in [1.165, 1.54) is 0 Å². The van der Waals surface area contributed by atoms with Gasteiger partial charge in [-0.25, -0.2) is 0 Å². The fourth-order valence-corrected chi connectivity index (χ4v) is 2.52. The van der Waals surface area contributed by atoms with Gasteiger partial charge in [0.25, 0.3) is 0 Å². The predicted octanol–water partition coefficient (Wildman–Crippen LogP) is 2.51. The number of amides is 3. The van der Waals surface area contributed by atoms with E-state index in [0.29, 0.717) is 24.7 Å². The number of imide groups is 1. The topological polar surface area (TPSA) is 75.3 Å². The minimum atomic E-state index is -0.283. The molecule has 124 valence electrons. The molecule has 1 aliphatic heterocycles. The number of carbonyl (C=O) groups is 3. The van der Waals surface area contributed by atoms with Gasteiger partial charge in [-0.1, -0.05) is 32.9 Å². The molecule has 1 aliphatic rings. The second kappa shape index (κ2) is 7.40. The Hall–Kier alpha value is -2.17. The van der Waals surface area contributed by atoms with Gasteiger partial charge in [0.2, 0.25) is 17.7 Å². The van der Waals surface area contributed by atoms with E-state index >= 15 is 0 Å². The molecule has 23 heavy (non-hydrogen) atoms. The molecule has 0 unspecified atom stereocenters. The molecular formula is C18H24N2O3. The lowest BCUT2D eigenvalue weighted by Crippen LogP contribution is -2.22. The normalized spacial score (nSPS) is 18.9. The molecule has 2 rings (SSSR count). The summed E-state index contributed by atoms with van der Waals surface area (Å²) in [6.45, 7) is 6.29. The quantitative estimate of drug-likeness (QED) is 0.792. The van der Waals surface area contributed by atoms with E-state index < -0.39 is 0 Å². The van der Waals surface area contributed by atoms with Gasteiger partial charge in [0, 0.05) is 18.5 Å². The number of benzene rings is 1. The van der Waals surface area contributed by atoms with Gasteiger partial charge >= 0.3 is 0 Å². The second-order valence-corrected chi connectivity index (χ2v) is 6.69. The van der Waals surface area contributed by atoms with Crippen LogP contribution in [0.5, 0.6) is 0 Å². The summed E-state index contributed by atoms with van der Waals surface area (Å²) in [4.78, 5) is 34.7. The first-order valence-corrected chi connectivity index (χ1v) is 8.07. The van der Waals surface area contributed by atoms with Gasteiger partial charge in [0.15, 0.2) is 0 Å². The van der Waals surface area contributed by atoms with Crippen LogP contribution in [0.25, 0.3) is 0 Å². The molecule has 2 atom stereocenters. The lowest BCUT2D eigenvalue weighted by atomic mass is 9.94. The Balaban J connectivity index is 1.88. The monoisotopic (exact) mass is 316 g/mol. The zero-order valence-corrected chi connectivity index (χ0v) is 13.9. The fourth-order valence-electron chi connectivity index (χ4n) is 2.52. The smallest absolute Gasteiger partial charge is 0.230 e. The Labute approximate surface area is 136 Å². The SMILES string of the molecule is CC(C)[C@H](C)CC(=O)Nc1ccc(C[C@@H]2CC(=O)NC2=O)cc1. The summed E-state index contributed by atoms with van der Waals surface area (Å²) in [5.41, 5.74) is 1.73. The van der Waals surface area contributed by atoms with Gasteiger partial charge < -0.3 is 5.32 Å². The van der Waals surface area contributed by atoms with E-state index in [2.05, 4.69) is 31.4 Å². The molecule has 1 heterocycles. The number of carbonyl (C=O) groups excluding carboxylic acids is 3. The molecule has 0 bridgehead atoms. The fraction of sp³-hybridized carbons (Fsp3) is 0.500. The van der Waals surface area contributed by atoms with Crippen molar-refractivity contribution in [2.75, 3.05) is 5.32 Å². The third-order valence-electron chi connectivity index (χ3n) is 4.43.